The number of carboxylic acids is 1. The SMILES string of the molecule is CSC(C)(C)CNC(=O)N1CC(O)C[C@H]1C(=O)O. The number of aliphatic hydroxyl groups excluding tert-OH is 1. The van der Waals surface area contributed by atoms with Crippen molar-refractivity contribution in [3.05, 3.63) is 0 Å². The van der Waals surface area contributed by atoms with Gasteiger partial charge in [0.25, 0.3) is 0 Å². The summed E-state index contributed by atoms with van der Waals surface area (Å²) in [7, 11) is 0. The molecule has 0 aromatic heterocycles. The molecule has 18 heavy (non-hydrogen) atoms. The zero-order chi connectivity index (χ0) is 13.9. The lowest BCUT2D eigenvalue weighted by molar-refractivity contribution is -0.141. The van der Waals surface area contributed by atoms with Crippen molar-refractivity contribution in [1.29, 1.82) is 0 Å². The van der Waals surface area contributed by atoms with E-state index in [0.717, 1.165) is 0 Å². The highest BCUT2D eigenvalue weighted by Crippen LogP contribution is 2.21. The van der Waals surface area contributed by atoms with Crippen molar-refractivity contribution in [2.45, 2.75) is 37.2 Å². The lowest BCUT2D eigenvalue weighted by Crippen LogP contribution is -2.48. The second kappa shape index (κ2) is 5.79. The Morgan fingerprint density at radius 2 is 2.11 bits per heavy atom. The number of nitrogens with one attached hydrogen (secondary N) is 1. The van der Waals surface area contributed by atoms with Crippen LogP contribution in [0, 0.1) is 0 Å². The van der Waals surface area contributed by atoms with Gasteiger partial charge in [-0.1, -0.05) is 0 Å². The summed E-state index contributed by atoms with van der Waals surface area (Å²) in [5.41, 5.74) is 0. The number of hydrogen-bond donors (Lipinski definition) is 3. The van der Waals surface area contributed by atoms with Gasteiger partial charge in [-0.05, 0) is 20.1 Å². The lowest BCUT2D eigenvalue weighted by Gasteiger charge is -2.26. The van der Waals surface area contributed by atoms with Crippen LogP contribution in [0.4, 0.5) is 4.79 Å². The van der Waals surface area contributed by atoms with Crippen molar-refractivity contribution in [2.24, 2.45) is 0 Å². The van der Waals surface area contributed by atoms with Gasteiger partial charge < -0.3 is 20.4 Å². The number of rotatable bonds is 4. The van der Waals surface area contributed by atoms with Crippen LogP contribution in [0.15, 0.2) is 0 Å². The van der Waals surface area contributed by atoms with Gasteiger partial charge in [-0.3, -0.25) is 0 Å². The first kappa shape index (κ1) is 15.1. The minimum atomic E-state index is -1.08. The number of carbonyl (C=O) groups is 2. The standard InChI is InChI=1S/C11H20N2O4S/c1-11(2,18-3)6-12-10(17)13-5-7(14)4-8(13)9(15)16/h7-8,14H,4-6H2,1-3H3,(H,12,17)(H,15,16)/t7?,8-/m0/s1. The molecule has 1 rings (SSSR count). The maximum atomic E-state index is 11.9. The molecule has 0 spiro atoms. The maximum absolute atomic E-state index is 11.9. The van der Waals surface area contributed by atoms with Gasteiger partial charge in [0, 0.05) is 24.3 Å². The Balaban J connectivity index is 2.58. The van der Waals surface area contributed by atoms with E-state index in [1.54, 1.807) is 11.8 Å². The monoisotopic (exact) mass is 276 g/mol. The molecule has 0 saturated carbocycles. The van der Waals surface area contributed by atoms with Crippen LogP contribution in [-0.2, 0) is 4.79 Å². The molecule has 2 amide bonds. The highest BCUT2D eigenvalue weighted by molar-refractivity contribution is 7.99. The zero-order valence-corrected chi connectivity index (χ0v) is 11.7. The van der Waals surface area contributed by atoms with E-state index >= 15 is 0 Å². The van der Waals surface area contributed by atoms with Crippen LogP contribution in [0.5, 0.6) is 0 Å². The van der Waals surface area contributed by atoms with Gasteiger partial charge >= 0.3 is 12.0 Å². The molecular formula is C11H20N2O4S. The maximum Gasteiger partial charge on any atom is 0.326 e. The molecule has 3 N–H and O–H groups in total. The van der Waals surface area contributed by atoms with Crippen molar-refractivity contribution in [3.8, 4) is 0 Å². The molecule has 104 valence electrons. The molecule has 7 heteroatoms. The fourth-order valence-electron chi connectivity index (χ4n) is 1.73. The normalized spacial score (nSPS) is 24.1. The van der Waals surface area contributed by atoms with Gasteiger partial charge in [-0.15, -0.1) is 0 Å². The summed E-state index contributed by atoms with van der Waals surface area (Å²) < 4.78 is -0.104. The average molecular weight is 276 g/mol. The Labute approximate surface area is 111 Å². The minimum absolute atomic E-state index is 0.0719. The summed E-state index contributed by atoms with van der Waals surface area (Å²) in [6, 6.07) is -1.36. The summed E-state index contributed by atoms with van der Waals surface area (Å²) in [5.74, 6) is -1.08. The zero-order valence-electron chi connectivity index (χ0n) is 10.8. The Morgan fingerprint density at radius 3 is 2.61 bits per heavy atom. The number of carbonyl (C=O) groups excluding carboxylic acids is 1. The fraction of sp³-hybridized carbons (Fsp3) is 0.818. The molecule has 0 aromatic carbocycles. The molecule has 0 radical (unpaired) electrons. The highest BCUT2D eigenvalue weighted by atomic mass is 32.2. The molecule has 1 aliphatic heterocycles. The van der Waals surface area contributed by atoms with Crippen LogP contribution in [0.25, 0.3) is 0 Å². The molecule has 2 atom stereocenters. The van der Waals surface area contributed by atoms with Gasteiger partial charge in [0.05, 0.1) is 6.10 Å². The lowest BCUT2D eigenvalue weighted by atomic mass is 10.2. The molecule has 1 fully saturated rings. The first-order valence-electron chi connectivity index (χ1n) is 5.77. The Bertz CT molecular complexity index is 335. The third-order valence-corrected chi connectivity index (χ3v) is 4.29. The van der Waals surface area contributed by atoms with Crippen molar-refractivity contribution < 1.29 is 19.8 Å². The van der Waals surface area contributed by atoms with E-state index in [0.29, 0.717) is 6.54 Å². The number of aliphatic carboxylic acids is 1. The second-order valence-electron chi connectivity index (χ2n) is 5.02. The van der Waals surface area contributed by atoms with Crippen molar-refractivity contribution in [2.75, 3.05) is 19.3 Å². The molecule has 6 nitrogen and oxygen atoms in total. The van der Waals surface area contributed by atoms with Gasteiger partial charge in [0.2, 0.25) is 0 Å². The minimum Gasteiger partial charge on any atom is -0.480 e. The quantitative estimate of drug-likeness (QED) is 0.689. The van der Waals surface area contributed by atoms with E-state index in [9.17, 15) is 14.7 Å². The van der Waals surface area contributed by atoms with Crippen LogP contribution in [0.3, 0.4) is 0 Å². The second-order valence-corrected chi connectivity index (χ2v) is 6.53. The third-order valence-electron chi connectivity index (χ3n) is 3.04. The number of hydrogen-bond acceptors (Lipinski definition) is 4. The summed E-state index contributed by atoms with van der Waals surface area (Å²) in [4.78, 5) is 24.1. The third kappa shape index (κ3) is 3.78. The number of β-amino-alcohol motifs (C(OH)–C–C–N with tert-alkyl or cyclic N) is 1. The fourth-order valence-corrected chi connectivity index (χ4v) is 1.95. The number of thioether (sulfide) groups is 1. The van der Waals surface area contributed by atoms with Gasteiger partial charge in [0.15, 0.2) is 0 Å². The largest absolute Gasteiger partial charge is 0.480 e. The molecule has 0 bridgehead atoms. The molecule has 0 aromatic rings. The van der Waals surface area contributed by atoms with Crippen molar-refractivity contribution in [3.63, 3.8) is 0 Å². The number of nitrogens with zero attached hydrogens (tertiary/aromatic N) is 1. The predicted molar refractivity (Wildman–Crippen MR) is 69.7 cm³/mol. The molecule has 1 aliphatic rings. The first-order valence-corrected chi connectivity index (χ1v) is 7.00. The van der Waals surface area contributed by atoms with E-state index < -0.39 is 24.1 Å². The summed E-state index contributed by atoms with van der Waals surface area (Å²) in [6.45, 7) is 4.51. The van der Waals surface area contributed by atoms with Crippen LogP contribution < -0.4 is 5.32 Å². The van der Waals surface area contributed by atoms with E-state index in [4.69, 9.17) is 5.11 Å². The van der Waals surface area contributed by atoms with E-state index in [-0.39, 0.29) is 17.7 Å². The predicted octanol–water partition coefficient (Wildman–Crippen LogP) is 0.357. The number of urea groups is 1. The van der Waals surface area contributed by atoms with Crippen LogP contribution >= 0.6 is 11.8 Å². The molecule has 1 unspecified atom stereocenters. The average Bonchev–Trinajstić information content (AvgIpc) is 2.68. The summed E-state index contributed by atoms with van der Waals surface area (Å²) in [6.07, 6.45) is 1.28. The van der Waals surface area contributed by atoms with E-state index in [2.05, 4.69) is 5.32 Å². The Morgan fingerprint density at radius 1 is 1.50 bits per heavy atom. The summed E-state index contributed by atoms with van der Waals surface area (Å²) in [5, 5.41) is 21.2. The van der Waals surface area contributed by atoms with Crippen LogP contribution in [0.1, 0.15) is 20.3 Å². The number of carboxylic acid groups (broad SMARTS) is 1. The van der Waals surface area contributed by atoms with Crippen molar-refractivity contribution in [1.82, 2.24) is 10.2 Å². The molecule has 0 aliphatic carbocycles. The summed E-state index contributed by atoms with van der Waals surface area (Å²) >= 11 is 1.62. The first-order chi connectivity index (χ1) is 8.26. The van der Waals surface area contributed by atoms with Crippen molar-refractivity contribution >= 4 is 23.8 Å². The van der Waals surface area contributed by atoms with E-state index in [1.807, 2.05) is 20.1 Å². The van der Waals surface area contributed by atoms with Gasteiger partial charge in [-0.2, -0.15) is 11.8 Å². The van der Waals surface area contributed by atoms with E-state index in [1.165, 1.54) is 4.90 Å². The van der Waals surface area contributed by atoms with Crippen LogP contribution in [-0.4, -0.2) is 63.4 Å². The molecular weight excluding hydrogens is 256 g/mol. The Kier molecular flexibility index (Phi) is 4.86. The topological polar surface area (TPSA) is 89.9 Å². The number of amides is 2. The van der Waals surface area contributed by atoms with Gasteiger partial charge in [0.1, 0.15) is 6.04 Å². The Hall–Kier alpha value is -0.950. The van der Waals surface area contributed by atoms with Crippen LogP contribution in [0.2, 0.25) is 0 Å². The highest BCUT2D eigenvalue weighted by Gasteiger charge is 2.39. The smallest absolute Gasteiger partial charge is 0.326 e. The van der Waals surface area contributed by atoms with Gasteiger partial charge in [-0.25, -0.2) is 9.59 Å². The molecule has 1 saturated heterocycles. The molecule has 1 heterocycles. The number of aliphatic hydroxyl groups is 1. The number of likely N-dealkylation sites (tertiary alicyclic amines) is 1.